The first-order chi connectivity index (χ1) is 9.32. The number of halogens is 1. The molecule has 0 amide bonds. The maximum Gasteiger partial charge on any atom is 0.223 e. The molecule has 0 radical (unpaired) electrons. The molecule has 1 aliphatic heterocycles. The summed E-state index contributed by atoms with van der Waals surface area (Å²) in [5.74, 6) is -0.923. The average Bonchev–Trinajstić information content (AvgIpc) is 2.31. The molecule has 20 heavy (non-hydrogen) atoms. The van der Waals surface area contributed by atoms with Crippen LogP contribution in [0.25, 0.3) is 0 Å². The topological polar surface area (TPSA) is 35.5 Å². The molecule has 1 fully saturated rings. The summed E-state index contributed by atoms with van der Waals surface area (Å²) in [4.78, 5) is 12.1. The fraction of sp³-hybridized carbons (Fsp3) is 0.562. The average molecular weight is 341 g/mol. The fourth-order valence-electron chi connectivity index (χ4n) is 2.52. The molecule has 0 unspecified atom stereocenters. The molecule has 1 saturated heterocycles. The van der Waals surface area contributed by atoms with Gasteiger partial charge >= 0.3 is 0 Å². The van der Waals surface area contributed by atoms with Gasteiger partial charge in [-0.25, -0.2) is 0 Å². The molecule has 0 aromatic rings. The molecule has 0 aromatic heterocycles. The number of hydrogen-bond donors (Lipinski definition) is 0. The Morgan fingerprint density at radius 2 is 2.00 bits per heavy atom. The first-order valence-corrected chi connectivity index (χ1v) is 7.74. The first kappa shape index (κ1) is 15.7. The van der Waals surface area contributed by atoms with Crippen LogP contribution in [0.2, 0.25) is 0 Å². The van der Waals surface area contributed by atoms with E-state index < -0.39 is 5.79 Å². The van der Waals surface area contributed by atoms with Gasteiger partial charge in [0.1, 0.15) is 0 Å². The highest BCUT2D eigenvalue weighted by atomic mass is 79.9. The van der Waals surface area contributed by atoms with Crippen molar-refractivity contribution in [3.63, 3.8) is 0 Å². The SMILES string of the molecule is CC(C)=CCC1=CC2(O[C@H](C)C[C@@H](C)O2)C(Br)=CC1=O. The maximum absolute atomic E-state index is 12.1. The van der Waals surface area contributed by atoms with Gasteiger partial charge in [-0.15, -0.1) is 0 Å². The highest BCUT2D eigenvalue weighted by molar-refractivity contribution is 9.11. The summed E-state index contributed by atoms with van der Waals surface area (Å²) in [7, 11) is 0. The van der Waals surface area contributed by atoms with Crippen LogP contribution in [0.4, 0.5) is 0 Å². The molecule has 0 aromatic carbocycles. The molecule has 2 aliphatic rings. The van der Waals surface area contributed by atoms with Crippen molar-refractivity contribution in [1.29, 1.82) is 0 Å². The van der Waals surface area contributed by atoms with E-state index >= 15 is 0 Å². The Labute approximate surface area is 128 Å². The Balaban J connectivity index is 2.33. The first-order valence-electron chi connectivity index (χ1n) is 6.95. The lowest BCUT2D eigenvalue weighted by Gasteiger charge is -2.42. The normalized spacial score (nSPS) is 33.8. The van der Waals surface area contributed by atoms with Crippen LogP contribution in [0.1, 0.15) is 40.5 Å². The second-order valence-electron chi connectivity index (χ2n) is 5.77. The zero-order valence-electron chi connectivity index (χ0n) is 12.4. The zero-order chi connectivity index (χ0) is 14.9. The van der Waals surface area contributed by atoms with Gasteiger partial charge in [-0.3, -0.25) is 4.79 Å². The maximum atomic E-state index is 12.1. The van der Waals surface area contributed by atoms with Crippen molar-refractivity contribution >= 4 is 21.7 Å². The Bertz CT molecular complexity index is 488. The molecular formula is C16H21BrO3. The van der Waals surface area contributed by atoms with Crippen LogP contribution in [-0.4, -0.2) is 23.8 Å². The highest BCUT2D eigenvalue weighted by Crippen LogP contribution is 2.41. The summed E-state index contributed by atoms with van der Waals surface area (Å²) in [6.45, 7) is 8.10. The zero-order valence-corrected chi connectivity index (χ0v) is 14.0. The van der Waals surface area contributed by atoms with Crippen LogP contribution in [0.15, 0.2) is 33.9 Å². The van der Waals surface area contributed by atoms with Crippen molar-refractivity contribution in [1.82, 2.24) is 0 Å². The van der Waals surface area contributed by atoms with Gasteiger partial charge in [-0.2, -0.15) is 0 Å². The molecule has 0 saturated carbocycles. The van der Waals surface area contributed by atoms with Crippen LogP contribution >= 0.6 is 15.9 Å². The van der Waals surface area contributed by atoms with E-state index in [1.54, 1.807) is 6.08 Å². The molecule has 4 heteroatoms. The van der Waals surface area contributed by atoms with Gasteiger partial charge in [0.25, 0.3) is 0 Å². The number of carbonyl (C=O) groups excluding carboxylic acids is 1. The Kier molecular flexibility index (Phi) is 4.67. The van der Waals surface area contributed by atoms with Crippen LogP contribution in [0.5, 0.6) is 0 Å². The van der Waals surface area contributed by atoms with Crippen LogP contribution in [-0.2, 0) is 14.3 Å². The smallest absolute Gasteiger partial charge is 0.223 e. The van der Waals surface area contributed by atoms with E-state index in [4.69, 9.17) is 9.47 Å². The van der Waals surface area contributed by atoms with Crippen molar-refractivity contribution in [2.45, 2.75) is 58.5 Å². The van der Waals surface area contributed by atoms with Crippen molar-refractivity contribution in [3.05, 3.63) is 33.9 Å². The van der Waals surface area contributed by atoms with Crippen LogP contribution < -0.4 is 0 Å². The van der Waals surface area contributed by atoms with Crippen molar-refractivity contribution in [2.75, 3.05) is 0 Å². The summed E-state index contributed by atoms with van der Waals surface area (Å²) in [6, 6.07) is 0. The lowest BCUT2D eigenvalue weighted by molar-refractivity contribution is -0.261. The van der Waals surface area contributed by atoms with Gasteiger partial charge in [-0.05, 0) is 62.5 Å². The number of carbonyl (C=O) groups is 1. The number of allylic oxidation sites excluding steroid dienone is 4. The molecule has 3 nitrogen and oxygen atoms in total. The van der Waals surface area contributed by atoms with E-state index in [1.807, 2.05) is 39.8 Å². The van der Waals surface area contributed by atoms with E-state index in [0.29, 0.717) is 10.9 Å². The Hall–Kier alpha value is -0.710. The Morgan fingerprint density at radius 1 is 1.40 bits per heavy atom. The summed E-state index contributed by atoms with van der Waals surface area (Å²) < 4.78 is 12.6. The van der Waals surface area contributed by atoms with Crippen LogP contribution in [0, 0.1) is 0 Å². The monoisotopic (exact) mass is 340 g/mol. The summed E-state index contributed by atoms with van der Waals surface area (Å²) in [5, 5.41) is 0. The molecule has 1 heterocycles. The molecule has 2 rings (SSSR count). The molecule has 1 spiro atoms. The van der Waals surface area contributed by atoms with E-state index in [-0.39, 0.29) is 18.0 Å². The second kappa shape index (κ2) is 5.96. The van der Waals surface area contributed by atoms with E-state index in [1.165, 1.54) is 5.57 Å². The number of ketones is 1. The lowest BCUT2D eigenvalue weighted by atomic mass is 9.95. The second-order valence-corrected chi connectivity index (χ2v) is 6.63. The van der Waals surface area contributed by atoms with Gasteiger partial charge in [0, 0.05) is 11.6 Å². The molecule has 110 valence electrons. The largest absolute Gasteiger partial charge is 0.339 e. The molecule has 0 bridgehead atoms. The number of hydrogen-bond acceptors (Lipinski definition) is 3. The van der Waals surface area contributed by atoms with Crippen LogP contribution in [0.3, 0.4) is 0 Å². The van der Waals surface area contributed by atoms with E-state index in [9.17, 15) is 4.79 Å². The predicted octanol–water partition coefficient (Wildman–Crippen LogP) is 4.04. The van der Waals surface area contributed by atoms with E-state index in [0.717, 1.165) is 12.0 Å². The van der Waals surface area contributed by atoms with Gasteiger partial charge < -0.3 is 9.47 Å². The number of ether oxygens (including phenoxy) is 2. The fourth-order valence-corrected chi connectivity index (χ4v) is 3.03. The summed E-state index contributed by atoms with van der Waals surface area (Å²) in [6.07, 6.45) is 7.08. The predicted molar refractivity (Wildman–Crippen MR) is 82.6 cm³/mol. The minimum Gasteiger partial charge on any atom is -0.339 e. The van der Waals surface area contributed by atoms with Crippen molar-refractivity contribution in [2.24, 2.45) is 0 Å². The minimum absolute atomic E-state index is 0.0121. The third-order valence-corrected chi connectivity index (χ3v) is 4.20. The molecule has 0 N–H and O–H groups in total. The van der Waals surface area contributed by atoms with Crippen molar-refractivity contribution in [3.8, 4) is 0 Å². The molecular weight excluding hydrogens is 320 g/mol. The standard InChI is InChI=1S/C16H21BrO3/c1-10(2)5-6-13-9-16(15(17)8-14(13)18)19-11(3)7-12(4)20-16/h5,8-9,11-12H,6-7H2,1-4H3/t11-,12-/m1/s1. The third-order valence-electron chi connectivity index (χ3n) is 3.42. The molecule has 1 aliphatic carbocycles. The Morgan fingerprint density at radius 3 is 2.55 bits per heavy atom. The van der Waals surface area contributed by atoms with E-state index in [2.05, 4.69) is 15.9 Å². The third kappa shape index (κ3) is 3.30. The van der Waals surface area contributed by atoms with Crippen molar-refractivity contribution < 1.29 is 14.3 Å². The quantitative estimate of drug-likeness (QED) is 0.711. The lowest BCUT2D eigenvalue weighted by Crippen LogP contribution is -2.47. The van der Waals surface area contributed by atoms with Gasteiger partial charge in [0.2, 0.25) is 5.79 Å². The molecule has 2 atom stereocenters. The highest BCUT2D eigenvalue weighted by Gasteiger charge is 2.44. The summed E-state index contributed by atoms with van der Waals surface area (Å²) >= 11 is 3.44. The van der Waals surface area contributed by atoms with Gasteiger partial charge in [-0.1, -0.05) is 11.6 Å². The van der Waals surface area contributed by atoms with Gasteiger partial charge in [0.05, 0.1) is 16.7 Å². The summed E-state index contributed by atoms with van der Waals surface area (Å²) in [5.41, 5.74) is 1.91. The van der Waals surface area contributed by atoms with Gasteiger partial charge in [0.15, 0.2) is 5.78 Å². The minimum atomic E-state index is -0.935. The number of rotatable bonds is 2.